The zero-order valence-corrected chi connectivity index (χ0v) is 16.7. The van der Waals surface area contributed by atoms with Gasteiger partial charge in [-0.3, -0.25) is 4.79 Å². The second-order valence-electron chi connectivity index (χ2n) is 6.26. The van der Waals surface area contributed by atoms with E-state index in [0.717, 1.165) is 21.2 Å². The van der Waals surface area contributed by atoms with Crippen LogP contribution >= 0.6 is 24.0 Å². The number of nitrogens with zero attached hydrogens (tertiary/aromatic N) is 1. The van der Waals surface area contributed by atoms with Gasteiger partial charge in [0.2, 0.25) is 0 Å². The number of hydrogen-bond donors (Lipinski definition) is 2. The van der Waals surface area contributed by atoms with Crippen molar-refractivity contribution in [1.82, 2.24) is 15.3 Å². The van der Waals surface area contributed by atoms with Crippen molar-refractivity contribution < 1.29 is 0 Å². The largest absolute Gasteiger partial charge is 0.367 e. The summed E-state index contributed by atoms with van der Waals surface area (Å²) in [4.78, 5) is 19.1. The topological polar surface area (TPSA) is 57.8 Å². The molecule has 1 aromatic heterocycles. The number of aromatic nitrogens is 2. The fourth-order valence-electron chi connectivity index (χ4n) is 2.69. The molecule has 4 nitrogen and oxygen atoms in total. The van der Waals surface area contributed by atoms with Gasteiger partial charge in [0.25, 0.3) is 5.56 Å². The van der Waals surface area contributed by atoms with E-state index in [1.54, 1.807) is 18.7 Å². The lowest BCUT2D eigenvalue weighted by molar-refractivity contribution is 0.627. The van der Waals surface area contributed by atoms with Gasteiger partial charge in [-0.1, -0.05) is 69.1 Å². The maximum atomic E-state index is 12.0. The Morgan fingerprint density at radius 2 is 2.00 bits per heavy atom. The van der Waals surface area contributed by atoms with Crippen LogP contribution in [-0.4, -0.2) is 20.0 Å². The lowest BCUT2D eigenvalue weighted by Gasteiger charge is -2.08. The van der Waals surface area contributed by atoms with Gasteiger partial charge in [-0.05, 0) is 31.0 Å². The highest BCUT2D eigenvalue weighted by Crippen LogP contribution is 2.13. The summed E-state index contributed by atoms with van der Waals surface area (Å²) in [6.07, 6.45) is 7.81. The Balaban J connectivity index is 1.74. The van der Waals surface area contributed by atoms with Crippen LogP contribution in [0.4, 0.5) is 0 Å². The van der Waals surface area contributed by atoms with Gasteiger partial charge in [-0.25, -0.2) is 4.98 Å². The highest BCUT2D eigenvalue weighted by molar-refractivity contribution is 8.22. The number of rotatable bonds is 9. The molecule has 0 saturated carbocycles. The van der Waals surface area contributed by atoms with Crippen molar-refractivity contribution in [2.75, 3.05) is 5.75 Å². The Kier molecular flexibility index (Phi) is 8.41. The second kappa shape index (κ2) is 10.6. The van der Waals surface area contributed by atoms with Gasteiger partial charge < -0.3 is 10.3 Å². The molecule has 1 heterocycles. The summed E-state index contributed by atoms with van der Waals surface area (Å²) in [6, 6.07) is 5.76. The molecule has 136 valence electrons. The molecule has 0 aliphatic carbocycles. The smallest absolute Gasteiger partial charge is 0.258 e. The number of fused-ring (bicyclic) bond motifs is 1. The number of benzene rings is 1. The van der Waals surface area contributed by atoms with E-state index < -0.39 is 0 Å². The molecule has 6 heteroatoms. The van der Waals surface area contributed by atoms with E-state index in [-0.39, 0.29) is 5.56 Å². The Hall–Kier alpha value is -1.40. The van der Waals surface area contributed by atoms with Crippen LogP contribution in [-0.2, 0) is 6.54 Å². The lowest BCUT2D eigenvalue weighted by Crippen LogP contribution is -2.18. The second-order valence-corrected chi connectivity index (χ2v) is 8.03. The molecule has 2 N–H and O–H groups in total. The molecule has 1 aromatic carbocycles. The molecule has 0 amide bonds. The molecule has 0 bridgehead atoms. The maximum Gasteiger partial charge on any atom is 0.258 e. The Bertz CT molecular complexity index is 758. The van der Waals surface area contributed by atoms with Crippen LogP contribution in [0.1, 0.15) is 56.8 Å². The van der Waals surface area contributed by atoms with Crippen molar-refractivity contribution in [3.05, 3.63) is 39.9 Å². The standard InChI is InChI=1S/C19H27N3OS2/c1-3-4-5-6-7-8-11-25-19(24)20-13-15-9-10-17-16(12-15)18(23)22-14(2)21-17/h9-10,12H,3-8,11,13H2,1-2H3,(H,20,24)(H,21,22,23). The van der Waals surface area contributed by atoms with Gasteiger partial charge >= 0.3 is 0 Å². The SMILES string of the molecule is CCCCCCCCSC(=S)NCc1ccc2nc(C)[nH]c(=O)c2c1. The third-order valence-electron chi connectivity index (χ3n) is 4.06. The van der Waals surface area contributed by atoms with Gasteiger partial charge in [-0.15, -0.1) is 0 Å². The quantitative estimate of drug-likeness (QED) is 0.490. The van der Waals surface area contributed by atoms with E-state index >= 15 is 0 Å². The maximum absolute atomic E-state index is 12.0. The van der Waals surface area contributed by atoms with Crippen LogP contribution in [0.15, 0.2) is 23.0 Å². The van der Waals surface area contributed by atoms with Crippen LogP contribution < -0.4 is 10.9 Å². The average molecular weight is 378 g/mol. The number of nitrogens with one attached hydrogen (secondary N) is 2. The number of unbranched alkanes of at least 4 members (excludes halogenated alkanes) is 5. The van der Waals surface area contributed by atoms with Crippen molar-refractivity contribution >= 4 is 39.2 Å². The fraction of sp³-hybridized carbons (Fsp3) is 0.526. The highest BCUT2D eigenvalue weighted by atomic mass is 32.2. The molecule has 0 aliphatic rings. The number of aromatic amines is 1. The van der Waals surface area contributed by atoms with E-state index in [9.17, 15) is 4.79 Å². The van der Waals surface area contributed by atoms with Gasteiger partial charge in [0.05, 0.1) is 10.9 Å². The third kappa shape index (κ3) is 6.78. The number of H-pyrrole nitrogens is 1. The molecule has 0 spiro atoms. The monoisotopic (exact) mass is 377 g/mol. The van der Waals surface area contributed by atoms with Crippen molar-refractivity contribution in [2.45, 2.75) is 58.9 Å². The van der Waals surface area contributed by atoms with Gasteiger partial charge in [-0.2, -0.15) is 0 Å². The number of thioether (sulfide) groups is 1. The molecular formula is C19H27N3OS2. The third-order valence-corrected chi connectivity index (χ3v) is 5.45. The highest BCUT2D eigenvalue weighted by Gasteiger charge is 2.04. The van der Waals surface area contributed by atoms with E-state index in [2.05, 4.69) is 22.2 Å². The van der Waals surface area contributed by atoms with Crippen molar-refractivity contribution in [1.29, 1.82) is 0 Å². The molecule has 0 atom stereocenters. The molecular weight excluding hydrogens is 350 g/mol. The summed E-state index contributed by atoms with van der Waals surface area (Å²) in [5.74, 6) is 1.70. The zero-order chi connectivity index (χ0) is 18.1. The average Bonchev–Trinajstić information content (AvgIpc) is 2.59. The first kappa shape index (κ1) is 19.9. The Morgan fingerprint density at radius 3 is 2.80 bits per heavy atom. The van der Waals surface area contributed by atoms with Crippen molar-refractivity contribution in [3.63, 3.8) is 0 Å². The van der Waals surface area contributed by atoms with E-state index in [0.29, 0.717) is 17.8 Å². The minimum absolute atomic E-state index is 0.0932. The lowest BCUT2D eigenvalue weighted by atomic mass is 10.1. The molecule has 2 rings (SSSR count). The van der Waals surface area contributed by atoms with Crippen LogP contribution in [0.2, 0.25) is 0 Å². The Morgan fingerprint density at radius 1 is 1.24 bits per heavy atom. The van der Waals surface area contributed by atoms with Gasteiger partial charge in [0.15, 0.2) is 0 Å². The molecule has 0 unspecified atom stereocenters. The van der Waals surface area contributed by atoms with Crippen LogP contribution in [0, 0.1) is 6.92 Å². The number of thiocarbonyl (C=S) groups is 1. The van der Waals surface area contributed by atoms with Crippen LogP contribution in [0.25, 0.3) is 10.9 Å². The molecule has 0 fully saturated rings. The molecule has 0 radical (unpaired) electrons. The zero-order valence-electron chi connectivity index (χ0n) is 15.1. The fourth-order valence-corrected chi connectivity index (χ4v) is 3.72. The van der Waals surface area contributed by atoms with E-state index in [1.807, 2.05) is 18.2 Å². The summed E-state index contributed by atoms with van der Waals surface area (Å²) in [5, 5.41) is 3.89. The first-order chi connectivity index (χ1) is 12.1. The summed E-state index contributed by atoms with van der Waals surface area (Å²) in [6.45, 7) is 4.66. The van der Waals surface area contributed by atoms with E-state index in [4.69, 9.17) is 12.2 Å². The predicted molar refractivity (Wildman–Crippen MR) is 112 cm³/mol. The number of aryl methyl sites for hydroxylation is 1. The summed E-state index contributed by atoms with van der Waals surface area (Å²) in [5.41, 5.74) is 1.67. The minimum Gasteiger partial charge on any atom is -0.367 e. The molecule has 2 aromatic rings. The van der Waals surface area contributed by atoms with E-state index in [1.165, 1.54) is 38.5 Å². The summed E-state index contributed by atoms with van der Waals surface area (Å²) in [7, 11) is 0. The van der Waals surface area contributed by atoms with Crippen LogP contribution in [0.3, 0.4) is 0 Å². The van der Waals surface area contributed by atoms with Gasteiger partial charge in [0, 0.05) is 12.3 Å². The van der Waals surface area contributed by atoms with Crippen molar-refractivity contribution in [3.8, 4) is 0 Å². The predicted octanol–water partition coefficient (Wildman–Crippen LogP) is 4.70. The van der Waals surface area contributed by atoms with Crippen molar-refractivity contribution in [2.24, 2.45) is 0 Å². The molecule has 0 aliphatic heterocycles. The first-order valence-corrected chi connectivity index (χ1v) is 10.4. The minimum atomic E-state index is -0.0932. The molecule has 25 heavy (non-hydrogen) atoms. The summed E-state index contributed by atoms with van der Waals surface area (Å²) >= 11 is 7.09. The van der Waals surface area contributed by atoms with Crippen LogP contribution in [0.5, 0.6) is 0 Å². The Labute approximate surface area is 159 Å². The van der Waals surface area contributed by atoms with Gasteiger partial charge in [0.1, 0.15) is 10.1 Å². The molecule has 0 saturated heterocycles. The normalized spacial score (nSPS) is 11.0. The number of hydrogen-bond acceptors (Lipinski definition) is 4. The first-order valence-electron chi connectivity index (χ1n) is 9.00. The summed E-state index contributed by atoms with van der Waals surface area (Å²) < 4.78 is 0.824.